The van der Waals surface area contributed by atoms with Crippen LogP contribution in [0, 0.1) is 23.1 Å². The van der Waals surface area contributed by atoms with Crippen molar-refractivity contribution in [1.82, 2.24) is 5.32 Å². The number of hydrogen-bond acceptors (Lipinski definition) is 2. The van der Waals surface area contributed by atoms with Gasteiger partial charge in [-0.05, 0) is 24.1 Å². The highest BCUT2D eigenvalue weighted by Gasteiger charge is 2.02. The summed E-state index contributed by atoms with van der Waals surface area (Å²) in [5.41, 5.74) is 1.03. The van der Waals surface area contributed by atoms with Crippen LogP contribution in [0.15, 0.2) is 24.3 Å². The first-order chi connectivity index (χ1) is 7.26. The quantitative estimate of drug-likeness (QED) is 0.803. The largest absolute Gasteiger partial charge is 0.311 e. The Morgan fingerprint density at radius 1 is 1.40 bits per heavy atom. The first kappa shape index (κ1) is 11.7. The number of halogens is 1. The number of benzene rings is 1. The average Bonchev–Trinajstić information content (AvgIpc) is 2.27. The summed E-state index contributed by atoms with van der Waals surface area (Å²) in [7, 11) is 0. The standard InChI is InChI=1S/C12H15FN2/c1-2-10(7-14)8-15-9-11-3-5-12(13)6-4-11/h3-6,10,15H,2,8-9H2,1H3. The van der Waals surface area contributed by atoms with Gasteiger partial charge >= 0.3 is 0 Å². The van der Waals surface area contributed by atoms with Gasteiger partial charge in [0.15, 0.2) is 0 Å². The lowest BCUT2D eigenvalue weighted by molar-refractivity contribution is 0.552. The summed E-state index contributed by atoms with van der Waals surface area (Å²) in [6.45, 7) is 3.36. The van der Waals surface area contributed by atoms with Crippen LogP contribution in [0.1, 0.15) is 18.9 Å². The molecule has 1 N–H and O–H groups in total. The fourth-order valence-corrected chi connectivity index (χ4v) is 1.27. The van der Waals surface area contributed by atoms with E-state index < -0.39 is 0 Å². The average molecular weight is 206 g/mol. The third kappa shape index (κ3) is 4.09. The van der Waals surface area contributed by atoms with E-state index in [2.05, 4.69) is 11.4 Å². The molecule has 0 aliphatic heterocycles. The van der Waals surface area contributed by atoms with E-state index in [0.29, 0.717) is 13.1 Å². The first-order valence-electron chi connectivity index (χ1n) is 5.11. The third-order valence-corrected chi connectivity index (χ3v) is 2.31. The highest BCUT2D eigenvalue weighted by atomic mass is 19.1. The fourth-order valence-electron chi connectivity index (χ4n) is 1.27. The van der Waals surface area contributed by atoms with Crippen molar-refractivity contribution in [3.63, 3.8) is 0 Å². The first-order valence-corrected chi connectivity index (χ1v) is 5.11. The highest BCUT2D eigenvalue weighted by Crippen LogP contribution is 2.03. The Morgan fingerprint density at radius 3 is 2.60 bits per heavy atom. The molecule has 1 atom stereocenters. The molecule has 0 amide bonds. The Balaban J connectivity index is 2.32. The van der Waals surface area contributed by atoms with Gasteiger partial charge in [0, 0.05) is 13.1 Å². The molecule has 0 heterocycles. The summed E-state index contributed by atoms with van der Waals surface area (Å²) in [5, 5.41) is 11.9. The van der Waals surface area contributed by atoms with E-state index in [1.54, 1.807) is 12.1 Å². The van der Waals surface area contributed by atoms with Crippen LogP contribution in [0.2, 0.25) is 0 Å². The summed E-state index contributed by atoms with van der Waals surface area (Å²) < 4.78 is 12.6. The van der Waals surface area contributed by atoms with Crippen LogP contribution in [0.3, 0.4) is 0 Å². The molecule has 0 saturated carbocycles. The maximum Gasteiger partial charge on any atom is 0.123 e. The number of nitrogens with one attached hydrogen (secondary N) is 1. The molecule has 1 rings (SSSR count). The molecule has 0 spiro atoms. The number of nitrogens with zero attached hydrogens (tertiary/aromatic N) is 1. The summed E-state index contributed by atoms with van der Waals surface area (Å²) in [4.78, 5) is 0. The molecule has 1 aromatic carbocycles. The van der Waals surface area contributed by atoms with Crippen molar-refractivity contribution in [3.8, 4) is 6.07 Å². The molecule has 0 aliphatic carbocycles. The monoisotopic (exact) mass is 206 g/mol. The molecule has 0 aromatic heterocycles. The third-order valence-electron chi connectivity index (χ3n) is 2.31. The van der Waals surface area contributed by atoms with Crippen LogP contribution in [0.4, 0.5) is 4.39 Å². The van der Waals surface area contributed by atoms with Gasteiger partial charge in [-0.2, -0.15) is 5.26 Å². The van der Waals surface area contributed by atoms with Gasteiger partial charge in [0.1, 0.15) is 5.82 Å². The lowest BCUT2D eigenvalue weighted by Crippen LogP contribution is -2.21. The van der Waals surface area contributed by atoms with E-state index in [4.69, 9.17) is 5.26 Å². The van der Waals surface area contributed by atoms with Crippen molar-refractivity contribution in [3.05, 3.63) is 35.6 Å². The van der Waals surface area contributed by atoms with E-state index >= 15 is 0 Å². The molecule has 0 saturated heterocycles. The lowest BCUT2D eigenvalue weighted by Gasteiger charge is -2.07. The van der Waals surface area contributed by atoms with Crippen molar-refractivity contribution in [1.29, 1.82) is 5.26 Å². The maximum absolute atomic E-state index is 12.6. The van der Waals surface area contributed by atoms with Crippen molar-refractivity contribution in [2.45, 2.75) is 19.9 Å². The molecule has 3 heteroatoms. The van der Waals surface area contributed by atoms with Crippen molar-refractivity contribution in [2.24, 2.45) is 5.92 Å². The van der Waals surface area contributed by atoms with Gasteiger partial charge in [0.25, 0.3) is 0 Å². The van der Waals surface area contributed by atoms with Gasteiger partial charge in [-0.3, -0.25) is 0 Å². The van der Waals surface area contributed by atoms with Gasteiger partial charge < -0.3 is 5.32 Å². The number of hydrogen-bond donors (Lipinski definition) is 1. The molecule has 0 radical (unpaired) electrons. The second-order valence-electron chi connectivity index (χ2n) is 3.49. The normalized spacial score (nSPS) is 12.1. The molecule has 2 nitrogen and oxygen atoms in total. The summed E-state index contributed by atoms with van der Waals surface area (Å²) >= 11 is 0. The molecule has 0 bridgehead atoms. The van der Waals surface area contributed by atoms with E-state index in [1.807, 2.05) is 6.92 Å². The number of rotatable bonds is 5. The second kappa shape index (κ2) is 6.15. The molecule has 15 heavy (non-hydrogen) atoms. The molecule has 0 fully saturated rings. The zero-order chi connectivity index (χ0) is 11.1. The molecular formula is C12H15FN2. The second-order valence-corrected chi connectivity index (χ2v) is 3.49. The fraction of sp³-hybridized carbons (Fsp3) is 0.417. The van der Waals surface area contributed by atoms with Gasteiger partial charge in [0.2, 0.25) is 0 Å². The minimum atomic E-state index is -0.220. The maximum atomic E-state index is 12.6. The van der Waals surface area contributed by atoms with E-state index in [9.17, 15) is 4.39 Å². The highest BCUT2D eigenvalue weighted by molar-refractivity contribution is 5.15. The van der Waals surface area contributed by atoms with E-state index in [1.165, 1.54) is 12.1 Å². The van der Waals surface area contributed by atoms with E-state index in [0.717, 1.165) is 12.0 Å². The smallest absolute Gasteiger partial charge is 0.123 e. The Morgan fingerprint density at radius 2 is 2.07 bits per heavy atom. The Hall–Kier alpha value is -1.40. The Kier molecular flexibility index (Phi) is 4.79. The SMILES string of the molecule is CCC(C#N)CNCc1ccc(F)cc1. The number of nitriles is 1. The van der Waals surface area contributed by atoms with Crippen LogP contribution >= 0.6 is 0 Å². The Labute approximate surface area is 89.7 Å². The predicted octanol–water partition coefficient (Wildman–Crippen LogP) is 2.47. The molecule has 80 valence electrons. The van der Waals surface area contributed by atoms with Crippen LogP contribution in [0.25, 0.3) is 0 Å². The lowest BCUT2D eigenvalue weighted by atomic mass is 10.1. The molecule has 0 aliphatic rings. The van der Waals surface area contributed by atoms with Crippen LogP contribution in [-0.2, 0) is 6.54 Å². The predicted molar refractivity (Wildman–Crippen MR) is 57.5 cm³/mol. The summed E-state index contributed by atoms with van der Waals surface area (Å²) in [6, 6.07) is 8.60. The van der Waals surface area contributed by atoms with Crippen LogP contribution in [0.5, 0.6) is 0 Å². The minimum absolute atomic E-state index is 0.0606. The molecule has 1 unspecified atom stereocenters. The van der Waals surface area contributed by atoms with Gasteiger partial charge in [-0.15, -0.1) is 0 Å². The van der Waals surface area contributed by atoms with Crippen molar-refractivity contribution < 1.29 is 4.39 Å². The van der Waals surface area contributed by atoms with Gasteiger partial charge in [0.05, 0.1) is 12.0 Å². The van der Waals surface area contributed by atoms with Crippen LogP contribution in [-0.4, -0.2) is 6.54 Å². The Bertz CT molecular complexity index is 326. The van der Waals surface area contributed by atoms with Crippen LogP contribution < -0.4 is 5.32 Å². The van der Waals surface area contributed by atoms with E-state index in [-0.39, 0.29) is 11.7 Å². The zero-order valence-electron chi connectivity index (χ0n) is 8.83. The molecule has 1 aromatic rings. The molecular weight excluding hydrogens is 191 g/mol. The van der Waals surface area contributed by atoms with Crippen molar-refractivity contribution in [2.75, 3.05) is 6.54 Å². The van der Waals surface area contributed by atoms with Gasteiger partial charge in [-0.25, -0.2) is 4.39 Å². The summed E-state index contributed by atoms with van der Waals surface area (Å²) in [6.07, 6.45) is 0.854. The summed E-state index contributed by atoms with van der Waals surface area (Å²) in [5.74, 6) is -0.160. The van der Waals surface area contributed by atoms with Gasteiger partial charge in [-0.1, -0.05) is 19.1 Å². The topological polar surface area (TPSA) is 35.8 Å². The van der Waals surface area contributed by atoms with Crippen molar-refractivity contribution >= 4 is 0 Å². The zero-order valence-corrected chi connectivity index (χ0v) is 8.83. The minimum Gasteiger partial charge on any atom is -0.311 e.